The van der Waals surface area contributed by atoms with Gasteiger partial charge in [-0.05, 0) is 26.3 Å². The number of hydrogen-bond donors (Lipinski definition) is 1. The van der Waals surface area contributed by atoms with Crippen molar-refractivity contribution in [2.45, 2.75) is 38.0 Å². The fraction of sp³-hybridized carbons (Fsp3) is 1.00. The average Bonchev–Trinajstić information content (AvgIpc) is 2.78. The second-order valence-corrected chi connectivity index (χ2v) is 7.04. The first-order valence-electron chi connectivity index (χ1n) is 6.26. The largest absolute Gasteiger partial charge is 0.377 e. The monoisotopic (exact) mass is 264 g/mol. The van der Waals surface area contributed by atoms with E-state index in [0.29, 0.717) is 13.1 Å². The minimum absolute atomic E-state index is 0.0705. The summed E-state index contributed by atoms with van der Waals surface area (Å²) >= 11 is 0. The third-order valence-electron chi connectivity index (χ3n) is 3.11. The van der Waals surface area contributed by atoms with Crippen molar-refractivity contribution in [2.24, 2.45) is 0 Å². The molecule has 17 heavy (non-hydrogen) atoms. The fourth-order valence-corrected chi connectivity index (χ4v) is 3.26. The van der Waals surface area contributed by atoms with Crippen LogP contribution in [0.3, 0.4) is 0 Å². The molecule has 0 aliphatic carbocycles. The molecule has 5 nitrogen and oxygen atoms in total. The molecule has 102 valence electrons. The van der Waals surface area contributed by atoms with Gasteiger partial charge in [0.1, 0.15) is 0 Å². The first-order chi connectivity index (χ1) is 7.98. The molecule has 0 spiro atoms. The predicted molar refractivity (Wildman–Crippen MR) is 68.5 cm³/mol. The summed E-state index contributed by atoms with van der Waals surface area (Å²) in [6.45, 7) is 6.22. The molecule has 0 amide bonds. The Kier molecular flexibility index (Phi) is 5.85. The molecule has 0 aromatic heterocycles. The van der Waals surface area contributed by atoms with E-state index in [1.54, 1.807) is 14.0 Å². The second-order valence-electron chi connectivity index (χ2n) is 4.58. The number of rotatable bonds is 7. The Balaban J connectivity index is 2.49. The van der Waals surface area contributed by atoms with Gasteiger partial charge in [0.25, 0.3) is 0 Å². The van der Waals surface area contributed by atoms with Gasteiger partial charge in [0.15, 0.2) is 0 Å². The lowest BCUT2D eigenvalue weighted by molar-refractivity contribution is 0.0977. The Bertz CT molecular complexity index is 313. The number of nitrogens with zero attached hydrogens (tertiary/aromatic N) is 1. The van der Waals surface area contributed by atoms with E-state index >= 15 is 0 Å². The van der Waals surface area contributed by atoms with Gasteiger partial charge in [-0.15, -0.1) is 0 Å². The maximum absolute atomic E-state index is 12.2. The van der Waals surface area contributed by atoms with Crippen molar-refractivity contribution in [3.63, 3.8) is 0 Å². The van der Waals surface area contributed by atoms with Gasteiger partial charge < -0.3 is 10.1 Å². The predicted octanol–water partition coefficient (Wildman–Crippen LogP) is 0.425. The Morgan fingerprint density at radius 3 is 2.76 bits per heavy atom. The van der Waals surface area contributed by atoms with Crippen LogP contribution in [0.25, 0.3) is 0 Å². The maximum Gasteiger partial charge on any atom is 0.217 e. The molecule has 1 heterocycles. The van der Waals surface area contributed by atoms with Crippen LogP contribution in [-0.2, 0) is 14.8 Å². The highest BCUT2D eigenvalue weighted by Crippen LogP contribution is 2.15. The van der Waals surface area contributed by atoms with E-state index in [1.165, 1.54) is 4.31 Å². The molecule has 0 radical (unpaired) electrons. The van der Waals surface area contributed by atoms with Crippen molar-refractivity contribution >= 4 is 10.0 Å². The third kappa shape index (κ3) is 4.21. The summed E-state index contributed by atoms with van der Waals surface area (Å²) in [4.78, 5) is 0. The molecule has 2 unspecified atom stereocenters. The minimum atomic E-state index is -3.21. The van der Waals surface area contributed by atoms with Gasteiger partial charge >= 0.3 is 0 Å². The number of hydrogen-bond acceptors (Lipinski definition) is 4. The van der Waals surface area contributed by atoms with Crippen LogP contribution in [0.4, 0.5) is 0 Å². The molecule has 1 saturated heterocycles. The SMILES string of the molecule is CCNCC(C)S(=O)(=O)N(C)CC1CCCO1. The molecule has 2 atom stereocenters. The van der Waals surface area contributed by atoms with E-state index in [9.17, 15) is 8.42 Å². The lowest BCUT2D eigenvalue weighted by atomic mass is 10.2. The maximum atomic E-state index is 12.2. The highest BCUT2D eigenvalue weighted by Gasteiger charge is 2.28. The smallest absolute Gasteiger partial charge is 0.217 e. The summed E-state index contributed by atoms with van der Waals surface area (Å²) in [6, 6.07) is 0. The number of nitrogens with one attached hydrogen (secondary N) is 1. The van der Waals surface area contributed by atoms with Crippen LogP contribution >= 0.6 is 0 Å². The normalized spacial score (nSPS) is 23.2. The number of likely N-dealkylation sites (N-methyl/N-ethyl adjacent to an activating group) is 1. The van der Waals surface area contributed by atoms with Crippen molar-refractivity contribution in [2.75, 3.05) is 33.3 Å². The van der Waals surface area contributed by atoms with Crippen LogP contribution < -0.4 is 5.32 Å². The zero-order valence-corrected chi connectivity index (χ0v) is 11.8. The highest BCUT2D eigenvalue weighted by molar-refractivity contribution is 7.89. The van der Waals surface area contributed by atoms with Gasteiger partial charge in [0.2, 0.25) is 10.0 Å². The quantitative estimate of drug-likeness (QED) is 0.724. The molecule has 1 aliphatic heterocycles. The van der Waals surface area contributed by atoms with Crippen molar-refractivity contribution in [1.82, 2.24) is 9.62 Å². The molecule has 1 N–H and O–H groups in total. The average molecular weight is 264 g/mol. The van der Waals surface area contributed by atoms with E-state index in [1.807, 2.05) is 6.92 Å². The molecule has 1 aliphatic rings. The summed E-state index contributed by atoms with van der Waals surface area (Å²) in [6.07, 6.45) is 2.06. The summed E-state index contributed by atoms with van der Waals surface area (Å²) in [5, 5.41) is 2.67. The van der Waals surface area contributed by atoms with Crippen molar-refractivity contribution in [3.8, 4) is 0 Å². The Labute approximate surface area is 105 Å². The Morgan fingerprint density at radius 2 is 2.24 bits per heavy atom. The first-order valence-corrected chi connectivity index (χ1v) is 7.76. The zero-order chi connectivity index (χ0) is 12.9. The van der Waals surface area contributed by atoms with Gasteiger partial charge in [-0.3, -0.25) is 0 Å². The van der Waals surface area contributed by atoms with Crippen molar-refractivity contribution < 1.29 is 13.2 Å². The van der Waals surface area contributed by atoms with E-state index in [2.05, 4.69) is 5.32 Å². The number of sulfonamides is 1. The Morgan fingerprint density at radius 1 is 1.53 bits per heavy atom. The lowest BCUT2D eigenvalue weighted by Gasteiger charge is -2.24. The van der Waals surface area contributed by atoms with Crippen molar-refractivity contribution in [3.05, 3.63) is 0 Å². The molecule has 0 bridgehead atoms. The summed E-state index contributed by atoms with van der Waals surface area (Å²) in [5.41, 5.74) is 0. The van der Waals surface area contributed by atoms with Gasteiger partial charge in [-0.1, -0.05) is 6.92 Å². The third-order valence-corrected chi connectivity index (χ3v) is 5.31. The molecule has 0 aromatic rings. The summed E-state index contributed by atoms with van der Waals surface area (Å²) < 4.78 is 31.2. The van der Waals surface area contributed by atoms with Crippen LogP contribution in [0.1, 0.15) is 26.7 Å². The second kappa shape index (κ2) is 6.68. The first kappa shape index (κ1) is 14.9. The lowest BCUT2D eigenvalue weighted by Crippen LogP contribution is -2.42. The molecular weight excluding hydrogens is 240 g/mol. The highest BCUT2D eigenvalue weighted by atomic mass is 32.2. The van der Waals surface area contributed by atoms with Crippen LogP contribution in [0.5, 0.6) is 0 Å². The molecule has 0 saturated carbocycles. The van der Waals surface area contributed by atoms with Gasteiger partial charge in [0, 0.05) is 26.7 Å². The molecule has 0 aromatic carbocycles. The molecular formula is C11H24N2O3S. The molecule has 6 heteroatoms. The summed E-state index contributed by atoms with van der Waals surface area (Å²) in [5.74, 6) is 0. The van der Waals surface area contributed by atoms with Crippen LogP contribution in [-0.4, -0.2) is 57.4 Å². The summed E-state index contributed by atoms with van der Waals surface area (Å²) in [7, 11) is -1.57. The zero-order valence-electron chi connectivity index (χ0n) is 11.0. The minimum Gasteiger partial charge on any atom is -0.377 e. The van der Waals surface area contributed by atoms with E-state index in [4.69, 9.17) is 4.74 Å². The van der Waals surface area contributed by atoms with Gasteiger partial charge in [0.05, 0.1) is 11.4 Å². The van der Waals surface area contributed by atoms with E-state index in [-0.39, 0.29) is 6.10 Å². The van der Waals surface area contributed by atoms with Gasteiger partial charge in [-0.2, -0.15) is 0 Å². The van der Waals surface area contributed by atoms with Crippen LogP contribution in [0.15, 0.2) is 0 Å². The van der Waals surface area contributed by atoms with Crippen LogP contribution in [0, 0.1) is 0 Å². The topological polar surface area (TPSA) is 58.6 Å². The van der Waals surface area contributed by atoms with E-state index in [0.717, 1.165) is 26.0 Å². The number of ether oxygens (including phenoxy) is 1. The standard InChI is InChI=1S/C11H24N2O3S/c1-4-12-8-10(2)17(14,15)13(3)9-11-6-5-7-16-11/h10-12H,4-9H2,1-3H3. The van der Waals surface area contributed by atoms with Crippen LogP contribution in [0.2, 0.25) is 0 Å². The van der Waals surface area contributed by atoms with E-state index < -0.39 is 15.3 Å². The fourth-order valence-electron chi connectivity index (χ4n) is 1.94. The van der Waals surface area contributed by atoms with Crippen molar-refractivity contribution in [1.29, 1.82) is 0 Å². The molecule has 1 rings (SSSR count). The Hall–Kier alpha value is -0.170. The van der Waals surface area contributed by atoms with Gasteiger partial charge in [-0.25, -0.2) is 12.7 Å². The molecule has 1 fully saturated rings.